The van der Waals surface area contributed by atoms with Gasteiger partial charge >= 0.3 is 6.85 Å². The Morgan fingerprint density at radius 2 is 1.06 bits per heavy atom. The Balaban J connectivity index is 1.12. The lowest BCUT2D eigenvalue weighted by molar-refractivity contribution is 0.332. The van der Waals surface area contributed by atoms with Crippen LogP contribution in [0.15, 0.2) is 192 Å². The fraction of sp³-hybridized carbons (Fsp3) is 0.263. The molecule has 0 atom stereocenters. The van der Waals surface area contributed by atoms with Crippen LogP contribution in [0.2, 0.25) is 0 Å². The second kappa shape index (κ2) is 18.4. The third kappa shape index (κ3) is 8.29. The molecule has 2 aromatic heterocycles. The zero-order valence-electron chi connectivity index (χ0n) is 50.0. The second-order valence-electron chi connectivity index (χ2n) is 28.1. The highest BCUT2D eigenvalue weighted by molar-refractivity contribution is 7.26. The Hall–Kier alpha value is -7.80. The summed E-state index contributed by atoms with van der Waals surface area (Å²) < 4.78 is 8.61. The lowest BCUT2D eigenvalue weighted by Gasteiger charge is -2.46. The number of para-hydroxylation sites is 1. The van der Waals surface area contributed by atoms with Crippen LogP contribution in [-0.2, 0) is 27.1 Å². The van der Waals surface area contributed by atoms with Crippen LogP contribution < -0.4 is 25.5 Å². The minimum atomic E-state index is -0.245. The van der Waals surface area contributed by atoms with Gasteiger partial charge in [-0.15, -0.1) is 11.3 Å². The molecule has 11 aromatic rings. The van der Waals surface area contributed by atoms with Crippen molar-refractivity contribution in [2.75, 3.05) is 14.6 Å². The van der Waals surface area contributed by atoms with Crippen LogP contribution in [-0.4, -0.2) is 6.85 Å². The average molecular weight is 1090 g/mol. The van der Waals surface area contributed by atoms with Crippen LogP contribution in [0, 0.1) is 0 Å². The van der Waals surface area contributed by atoms with E-state index in [0.717, 1.165) is 74.3 Å². The summed E-state index contributed by atoms with van der Waals surface area (Å²) in [5, 5.41) is 4.74. The summed E-state index contributed by atoms with van der Waals surface area (Å²) in [5.41, 5.74) is 23.9. The molecule has 82 heavy (non-hydrogen) atoms. The predicted molar refractivity (Wildman–Crippen MR) is 354 cm³/mol. The maximum Gasteiger partial charge on any atom is 0.334 e. The molecule has 0 fully saturated rings. The Morgan fingerprint density at radius 3 is 1.72 bits per heavy atom. The summed E-state index contributed by atoms with van der Waals surface area (Å²) in [5.74, 6) is 0. The molecular formula is C76H74BN3OS. The number of rotatable bonds is 6. The highest BCUT2D eigenvalue weighted by Crippen LogP contribution is 2.56. The predicted octanol–water partition coefficient (Wildman–Crippen LogP) is 20.9. The summed E-state index contributed by atoms with van der Waals surface area (Å²) >= 11 is 1.92. The number of furan rings is 1. The monoisotopic (exact) mass is 1090 g/mol. The van der Waals surface area contributed by atoms with E-state index in [1.807, 2.05) is 11.3 Å². The van der Waals surface area contributed by atoms with Crippen molar-refractivity contribution in [1.29, 1.82) is 0 Å². The first-order chi connectivity index (χ1) is 39.0. The van der Waals surface area contributed by atoms with Gasteiger partial charge in [-0.2, -0.15) is 0 Å². The molecule has 4 nitrogen and oxygen atoms in total. The molecule has 0 N–H and O–H groups in total. The van der Waals surface area contributed by atoms with Gasteiger partial charge < -0.3 is 19.0 Å². The summed E-state index contributed by atoms with van der Waals surface area (Å²) in [4.78, 5) is 7.86. The van der Waals surface area contributed by atoms with Gasteiger partial charge in [0, 0.05) is 66.3 Å². The quantitative estimate of drug-likeness (QED) is 0.155. The highest BCUT2D eigenvalue weighted by Gasteiger charge is 2.49. The first-order valence-electron chi connectivity index (χ1n) is 29.6. The zero-order valence-corrected chi connectivity index (χ0v) is 50.9. The van der Waals surface area contributed by atoms with Crippen LogP contribution in [0.5, 0.6) is 0 Å². The van der Waals surface area contributed by atoms with E-state index in [2.05, 4.69) is 293 Å². The number of thiophene rings is 1. The van der Waals surface area contributed by atoms with Gasteiger partial charge in [-0.3, -0.25) is 0 Å². The van der Waals surface area contributed by atoms with Crippen molar-refractivity contribution in [1.82, 2.24) is 0 Å². The van der Waals surface area contributed by atoms with E-state index in [9.17, 15) is 0 Å². The van der Waals surface area contributed by atoms with Gasteiger partial charge in [-0.05, 0) is 168 Å². The Morgan fingerprint density at radius 1 is 0.476 bits per heavy atom. The van der Waals surface area contributed by atoms with Crippen molar-refractivity contribution in [3.05, 3.63) is 216 Å². The minimum Gasteiger partial charge on any atom is -0.455 e. The maximum atomic E-state index is 7.34. The highest BCUT2D eigenvalue weighted by atomic mass is 32.1. The van der Waals surface area contributed by atoms with Crippen molar-refractivity contribution in [3.8, 4) is 22.3 Å². The van der Waals surface area contributed by atoms with E-state index in [1.54, 1.807) is 0 Å². The Kier molecular flexibility index (Phi) is 11.7. The van der Waals surface area contributed by atoms with E-state index in [0.29, 0.717) is 0 Å². The number of hydrogen-bond acceptors (Lipinski definition) is 5. The third-order valence-corrected chi connectivity index (χ3v) is 19.8. The second-order valence-corrected chi connectivity index (χ2v) is 29.1. The molecule has 1 aliphatic carbocycles. The molecule has 0 amide bonds. The van der Waals surface area contributed by atoms with Crippen molar-refractivity contribution < 1.29 is 4.42 Å². The van der Waals surface area contributed by atoms with Crippen LogP contribution in [0.1, 0.15) is 131 Å². The third-order valence-electron chi connectivity index (χ3n) is 18.6. The largest absolute Gasteiger partial charge is 0.455 e. The molecule has 0 unspecified atom stereocenters. The molecule has 0 spiro atoms. The van der Waals surface area contributed by atoms with E-state index < -0.39 is 0 Å². The van der Waals surface area contributed by atoms with Crippen molar-refractivity contribution >= 4 is 106 Å². The molecule has 2 aliphatic heterocycles. The summed E-state index contributed by atoms with van der Waals surface area (Å²) in [6.45, 7) is 30.3. The fourth-order valence-corrected chi connectivity index (χ4v) is 15.0. The molecule has 0 radical (unpaired) electrons. The van der Waals surface area contributed by atoms with Gasteiger partial charge in [0.25, 0.3) is 0 Å². The first-order valence-corrected chi connectivity index (χ1v) is 30.5. The smallest absolute Gasteiger partial charge is 0.334 e. The molecule has 4 heterocycles. The van der Waals surface area contributed by atoms with Gasteiger partial charge in [0.15, 0.2) is 0 Å². The summed E-state index contributed by atoms with van der Waals surface area (Å²) in [6, 6.07) is 71.9. The zero-order chi connectivity index (χ0) is 57.0. The molecule has 0 bridgehead atoms. The standard InChI is InChI=1S/C76H74BN3OS/c1-72(2,3)48-27-32-51(33-28-48)78(52-34-29-49(30-35-52)73(4,5)6)53-36-38-56-63(45-53)80(54-37-39-60-61(44-54)76(12,13)42-41-75(60,10)11)77-68-57-24-18-20-26-66(57)82-71(68)79(62-40-31-50(74(7,8)9)43-58(62)47-21-15-14-16-22-47)64-46-59-55-23-17-19-25-65(55)81-70(59)67(56)69(64)77/h14-40,43-46H,41-42H2,1-13H3. The lowest BCUT2D eigenvalue weighted by Crippen LogP contribution is -2.61. The van der Waals surface area contributed by atoms with Crippen LogP contribution in [0.4, 0.5) is 44.8 Å². The van der Waals surface area contributed by atoms with Crippen LogP contribution in [0.3, 0.4) is 0 Å². The van der Waals surface area contributed by atoms with E-state index in [1.165, 1.54) is 76.3 Å². The topological polar surface area (TPSA) is 22.9 Å². The number of nitrogens with zero attached hydrogens (tertiary/aromatic N) is 3. The maximum absolute atomic E-state index is 7.34. The number of anilines is 8. The lowest BCUT2D eigenvalue weighted by atomic mass is 9.43. The molecule has 3 aliphatic rings. The molecular weight excluding hydrogens is 1010 g/mol. The van der Waals surface area contributed by atoms with E-state index in [4.69, 9.17) is 4.42 Å². The van der Waals surface area contributed by atoms with Crippen LogP contribution in [0.25, 0.3) is 54.3 Å². The van der Waals surface area contributed by atoms with Gasteiger partial charge in [0.2, 0.25) is 0 Å². The molecule has 14 rings (SSSR count). The van der Waals surface area contributed by atoms with Gasteiger partial charge in [-0.1, -0.05) is 199 Å². The fourth-order valence-electron chi connectivity index (χ4n) is 13.8. The Labute approximate surface area is 490 Å². The van der Waals surface area contributed by atoms with Crippen molar-refractivity contribution in [3.63, 3.8) is 0 Å². The van der Waals surface area contributed by atoms with Crippen molar-refractivity contribution in [2.24, 2.45) is 0 Å². The van der Waals surface area contributed by atoms with Crippen LogP contribution >= 0.6 is 11.3 Å². The molecule has 0 saturated heterocycles. The first kappa shape index (κ1) is 52.3. The number of benzene rings is 9. The average Bonchev–Trinajstić information content (AvgIpc) is 1.84. The Bertz CT molecular complexity index is 4290. The molecule has 0 saturated carbocycles. The molecule has 9 aromatic carbocycles. The number of fused-ring (bicyclic) bond motifs is 11. The van der Waals surface area contributed by atoms with Gasteiger partial charge in [0.05, 0.1) is 10.7 Å². The molecule has 408 valence electrons. The van der Waals surface area contributed by atoms with Gasteiger partial charge in [-0.25, -0.2) is 0 Å². The number of hydrogen-bond donors (Lipinski definition) is 0. The van der Waals surface area contributed by atoms with Gasteiger partial charge in [0.1, 0.15) is 11.2 Å². The minimum absolute atomic E-state index is 0.0101. The summed E-state index contributed by atoms with van der Waals surface area (Å²) in [7, 11) is 0. The summed E-state index contributed by atoms with van der Waals surface area (Å²) in [6.07, 6.45) is 2.28. The van der Waals surface area contributed by atoms with E-state index >= 15 is 0 Å². The molecule has 6 heteroatoms. The van der Waals surface area contributed by atoms with Crippen molar-refractivity contribution in [2.45, 2.75) is 130 Å². The SMILES string of the molecule is CC(C)(C)c1ccc(N(c2ccc(C(C)(C)C)cc2)c2ccc3c(c2)N(c2ccc4c(c2)C(C)(C)CCC4(C)C)B2c4c(cc5c(oc6ccccc65)c4-3)N(c3ccc(C(C)(C)C)cc3-c3ccccc3)c3sc4ccccc4c32)cc1. The normalized spacial score (nSPS) is 15.4. The van der Waals surface area contributed by atoms with E-state index in [-0.39, 0.29) is 33.9 Å².